The summed E-state index contributed by atoms with van der Waals surface area (Å²) in [6.45, 7) is 2.92. The van der Waals surface area contributed by atoms with Gasteiger partial charge in [-0.15, -0.1) is 0 Å². The zero-order valence-corrected chi connectivity index (χ0v) is 9.71. The third kappa shape index (κ3) is 3.99. The van der Waals surface area contributed by atoms with Crippen molar-refractivity contribution in [3.05, 3.63) is 0 Å². The lowest BCUT2D eigenvalue weighted by molar-refractivity contribution is -0.0813. The molecule has 5 heteroatoms. The Kier molecular flexibility index (Phi) is 6.23. The minimum Gasteiger partial charge on any atom is -0.388 e. The normalized spacial score (nSPS) is 31.9. The summed E-state index contributed by atoms with van der Waals surface area (Å²) in [4.78, 5) is 0. The number of unbranched alkanes of at least 4 members (excludes halogenated alkanes) is 2. The summed E-state index contributed by atoms with van der Waals surface area (Å²) in [7, 11) is 0. The lowest BCUT2D eigenvalue weighted by atomic mass is 10.1. The first-order chi connectivity index (χ1) is 7.66. The second-order valence-corrected chi connectivity index (χ2v) is 4.21. The number of hydrogen-bond acceptors (Lipinski definition) is 5. The second-order valence-electron chi connectivity index (χ2n) is 4.21. The molecule has 5 nitrogen and oxygen atoms in total. The SMILES string of the molecule is CCCCCOCC(O)[C@H]1OC[C@@H](O)C1O. The van der Waals surface area contributed by atoms with Gasteiger partial charge in [0.25, 0.3) is 0 Å². The highest BCUT2D eigenvalue weighted by molar-refractivity contribution is 4.87. The van der Waals surface area contributed by atoms with E-state index in [2.05, 4.69) is 6.92 Å². The van der Waals surface area contributed by atoms with Gasteiger partial charge in [-0.1, -0.05) is 19.8 Å². The molecule has 96 valence electrons. The molecule has 0 aliphatic carbocycles. The van der Waals surface area contributed by atoms with Crippen molar-refractivity contribution < 1.29 is 24.8 Å². The first-order valence-electron chi connectivity index (χ1n) is 5.90. The highest BCUT2D eigenvalue weighted by atomic mass is 16.5. The molecule has 0 aromatic rings. The van der Waals surface area contributed by atoms with Gasteiger partial charge in [-0.3, -0.25) is 0 Å². The maximum absolute atomic E-state index is 9.67. The molecule has 0 bridgehead atoms. The minimum atomic E-state index is -1.02. The van der Waals surface area contributed by atoms with Gasteiger partial charge in [0.05, 0.1) is 13.2 Å². The molecular formula is C11H22O5. The molecule has 0 aromatic carbocycles. The van der Waals surface area contributed by atoms with E-state index < -0.39 is 24.4 Å². The van der Waals surface area contributed by atoms with E-state index in [9.17, 15) is 15.3 Å². The van der Waals surface area contributed by atoms with Crippen LogP contribution in [0, 0.1) is 0 Å². The maximum Gasteiger partial charge on any atom is 0.114 e. The lowest BCUT2D eigenvalue weighted by Crippen LogP contribution is -2.40. The van der Waals surface area contributed by atoms with Gasteiger partial charge in [0.15, 0.2) is 0 Å². The zero-order valence-electron chi connectivity index (χ0n) is 9.71. The van der Waals surface area contributed by atoms with Crippen LogP contribution in [0.5, 0.6) is 0 Å². The van der Waals surface area contributed by atoms with E-state index in [4.69, 9.17) is 9.47 Å². The quantitative estimate of drug-likeness (QED) is 0.526. The van der Waals surface area contributed by atoms with Crippen molar-refractivity contribution >= 4 is 0 Å². The average Bonchev–Trinajstić information content (AvgIpc) is 2.59. The fraction of sp³-hybridized carbons (Fsp3) is 1.00. The summed E-state index contributed by atoms with van der Waals surface area (Å²) < 4.78 is 10.4. The summed E-state index contributed by atoms with van der Waals surface area (Å²) >= 11 is 0. The fourth-order valence-corrected chi connectivity index (χ4v) is 1.72. The van der Waals surface area contributed by atoms with Crippen molar-refractivity contribution in [1.82, 2.24) is 0 Å². The van der Waals surface area contributed by atoms with E-state index in [0.29, 0.717) is 6.61 Å². The summed E-state index contributed by atoms with van der Waals surface area (Å²) in [6.07, 6.45) is -0.330. The third-order valence-electron chi connectivity index (χ3n) is 2.75. The molecule has 1 aliphatic heterocycles. The number of hydrogen-bond donors (Lipinski definition) is 3. The number of rotatable bonds is 7. The van der Waals surface area contributed by atoms with Crippen LogP contribution in [0.2, 0.25) is 0 Å². The standard InChI is InChI=1S/C11H22O5/c1-2-3-4-5-15-6-9(13)11-10(14)8(12)7-16-11/h8-14H,2-7H2,1H3/t8-,9?,10?,11-/m1/s1. The third-order valence-corrected chi connectivity index (χ3v) is 2.75. The Labute approximate surface area is 96.0 Å². The molecule has 1 saturated heterocycles. The molecular weight excluding hydrogens is 212 g/mol. The Morgan fingerprint density at radius 3 is 2.69 bits per heavy atom. The van der Waals surface area contributed by atoms with Crippen LogP contribution in [-0.4, -0.2) is 59.6 Å². The van der Waals surface area contributed by atoms with Crippen molar-refractivity contribution in [3.63, 3.8) is 0 Å². The van der Waals surface area contributed by atoms with Crippen LogP contribution in [0.15, 0.2) is 0 Å². The molecule has 2 unspecified atom stereocenters. The van der Waals surface area contributed by atoms with E-state index in [-0.39, 0.29) is 13.2 Å². The monoisotopic (exact) mass is 234 g/mol. The van der Waals surface area contributed by atoms with Crippen molar-refractivity contribution in [2.45, 2.75) is 50.6 Å². The van der Waals surface area contributed by atoms with Gasteiger partial charge in [-0.25, -0.2) is 0 Å². The van der Waals surface area contributed by atoms with Crippen LogP contribution in [0.1, 0.15) is 26.2 Å². The van der Waals surface area contributed by atoms with E-state index in [0.717, 1.165) is 19.3 Å². The van der Waals surface area contributed by atoms with E-state index >= 15 is 0 Å². The van der Waals surface area contributed by atoms with E-state index in [1.807, 2.05) is 0 Å². The molecule has 0 aromatic heterocycles. The van der Waals surface area contributed by atoms with Crippen LogP contribution in [0.4, 0.5) is 0 Å². The lowest BCUT2D eigenvalue weighted by Gasteiger charge is -2.20. The van der Waals surface area contributed by atoms with Crippen LogP contribution in [0.25, 0.3) is 0 Å². The average molecular weight is 234 g/mol. The predicted molar refractivity (Wildman–Crippen MR) is 58.1 cm³/mol. The Hall–Kier alpha value is -0.200. The van der Waals surface area contributed by atoms with Crippen LogP contribution in [-0.2, 0) is 9.47 Å². The first-order valence-corrected chi connectivity index (χ1v) is 5.90. The predicted octanol–water partition coefficient (Wildman–Crippen LogP) is -0.325. The molecule has 0 amide bonds. The molecule has 16 heavy (non-hydrogen) atoms. The highest BCUT2D eigenvalue weighted by Crippen LogP contribution is 2.17. The second kappa shape index (κ2) is 7.19. The smallest absolute Gasteiger partial charge is 0.114 e. The van der Waals surface area contributed by atoms with Crippen molar-refractivity contribution in [2.75, 3.05) is 19.8 Å². The molecule has 4 atom stereocenters. The van der Waals surface area contributed by atoms with Gasteiger partial charge in [0.1, 0.15) is 24.4 Å². The highest BCUT2D eigenvalue weighted by Gasteiger charge is 2.39. The van der Waals surface area contributed by atoms with Gasteiger partial charge in [-0.2, -0.15) is 0 Å². The Balaban J connectivity index is 2.12. The molecule has 1 aliphatic rings. The molecule has 1 rings (SSSR count). The maximum atomic E-state index is 9.67. The Bertz CT molecular complexity index is 187. The number of ether oxygens (including phenoxy) is 2. The molecule has 0 saturated carbocycles. The number of aliphatic hydroxyl groups excluding tert-OH is 3. The van der Waals surface area contributed by atoms with E-state index in [1.165, 1.54) is 0 Å². The topological polar surface area (TPSA) is 79.2 Å². The van der Waals surface area contributed by atoms with Crippen molar-refractivity contribution in [3.8, 4) is 0 Å². The molecule has 0 spiro atoms. The summed E-state index contributed by atoms with van der Waals surface area (Å²) in [5, 5.41) is 28.4. The van der Waals surface area contributed by atoms with Gasteiger partial charge < -0.3 is 24.8 Å². The zero-order chi connectivity index (χ0) is 12.0. The first kappa shape index (κ1) is 13.9. The van der Waals surface area contributed by atoms with Gasteiger partial charge >= 0.3 is 0 Å². The minimum absolute atomic E-state index is 0.0682. The van der Waals surface area contributed by atoms with Crippen molar-refractivity contribution in [1.29, 1.82) is 0 Å². The molecule has 3 N–H and O–H groups in total. The molecule has 0 radical (unpaired) electrons. The van der Waals surface area contributed by atoms with Crippen LogP contribution < -0.4 is 0 Å². The van der Waals surface area contributed by atoms with Gasteiger partial charge in [-0.05, 0) is 6.42 Å². The van der Waals surface area contributed by atoms with E-state index in [1.54, 1.807) is 0 Å². The molecule has 1 heterocycles. The summed E-state index contributed by atoms with van der Waals surface area (Å²) in [5.74, 6) is 0. The Morgan fingerprint density at radius 1 is 1.38 bits per heavy atom. The summed E-state index contributed by atoms with van der Waals surface area (Å²) in [6, 6.07) is 0. The largest absolute Gasteiger partial charge is 0.388 e. The van der Waals surface area contributed by atoms with Crippen molar-refractivity contribution in [2.24, 2.45) is 0 Å². The van der Waals surface area contributed by atoms with Crippen LogP contribution in [0.3, 0.4) is 0 Å². The molecule has 1 fully saturated rings. The van der Waals surface area contributed by atoms with Crippen LogP contribution >= 0.6 is 0 Å². The number of aliphatic hydroxyl groups is 3. The summed E-state index contributed by atoms with van der Waals surface area (Å²) in [5.41, 5.74) is 0. The Morgan fingerprint density at radius 2 is 2.12 bits per heavy atom. The van der Waals surface area contributed by atoms with Gasteiger partial charge in [0, 0.05) is 6.61 Å². The fourth-order valence-electron chi connectivity index (χ4n) is 1.72. The van der Waals surface area contributed by atoms with Gasteiger partial charge in [0.2, 0.25) is 0 Å².